The maximum Gasteiger partial charge on any atom is 0.160 e. The summed E-state index contributed by atoms with van der Waals surface area (Å²) in [6, 6.07) is 0. The lowest BCUT2D eigenvalue weighted by Crippen LogP contribution is -2.39. The predicted octanol–water partition coefficient (Wildman–Crippen LogP) is 3.37. The lowest BCUT2D eigenvalue weighted by Gasteiger charge is -2.37. The second-order valence-electron chi connectivity index (χ2n) is 5.68. The largest absolute Gasteiger partial charge is 0.379 e. The van der Waals surface area contributed by atoms with E-state index in [9.17, 15) is 0 Å². The highest BCUT2D eigenvalue weighted by Gasteiger charge is 2.32. The van der Waals surface area contributed by atoms with Crippen molar-refractivity contribution in [2.24, 2.45) is 11.8 Å². The van der Waals surface area contributed by atoms with E-state index in [-0.39, 0.29) is 6.29 Å². The van der Waals surface area contributed by atoms with Crippen LogP contribution in [0.5, 0.6) is 0 Å². The third kappa shape index (κ3) is 3.94. The summed E-state index contributed by atoms with van der Waals surface area (Å²) < 4.78 is 17.5. The van der Waals surface area contributed by atoms with E-state index in [1.807, 2.05) is 0 Å². The Morgan fingerprint density at radius 2 is 1.67 bits per heavy atom. The van der Waals surface area contributed by atoms with Gasteiger partial charge in [-0.1, -0.05) is 13.3 Å². The summed E-state index contributed by atoms with van der Waals surface area (Å²) in [5, 5.41) is 0. The van der Waals surface area contributed by atoms with Gasteiger partial charge in [0.1, 0.15) is 0 Å². The van der Waals surface area contributed by atoms with E-state index in [0.717, 1.165) is 19.8 Å². The van der Waals surface area contributed by atoms with Crippen LogP contribution in [0, 0.1) is 11.8 Å². The topological polar surface area (TPSA) is 27.7 Å². The zero-order chi connectivity index (χ0) is 12.8. The van der Waals surface area contributed by atoms with Gasteiger partial charge in [0.2, 0.25) is 0 Å². The molecule has 0 aromatic rings. The van der Waals surface area contributed by atoms with Crippen LogP contribution in [0.25, 0.3) is 0 Å². The van der Waals surface area contributed by atoms with Gasteiger partial charge in [-0.05, 0) is 39.0 Å². The lowest BCUT2D eigenvalue weighted by molar-refractivity contribution is -0.231. The molecule has 0 aromatic heterocycles. The molecule has 0 unspecified atom stereocenters. The first kappa shape index (κ1) is 14.3. The van der Waals surface area contributed by atoms with E-state index in [1.54, 1.807) is 0 Å². The van der Waals surface area contributed by atoms with Crippen molar-refractivity contribution in [3.63, 3.8) is 0 Å². The minimum absolute atomic E-state index is 0.0562. The smallest absolute Gasteiger partial charge is 0.160 e. The van der Waals surface area contributed by atoms with Crippen LogP contribution in [0.15, 0.2) is 0 Å². The minimum atomic E-state index is 0.0562. The zero-order valence-corrected chi connectivity index (χ0v) is 11.9. The molecule has 1 saturated heterocycles. The summed E-state index contributed by atoms with van der Waals surface area (Å²) in [7, 11) is 0. The highest BCUT2D eigenvalue weighted by atomic mass is 16.7. The monoisotopic (exact) mass is 256 g/mol. The molecular formula is C15H28O3. The second kappa shape index (κ2) is 7.46. The molecule has 0 atom stereocenters. The standard InChI is InChI=1S/C15H28O3/c1-3-5-12-10-17-15(18-11-12)13-6-8-14(9-7-13)16-4-2/h12-15H,3-11H2,1-2H3/t12?,13-,14-,15?. The van der Waals surface area contributed by atoms with Gasteiger partial charge in [0.15, 0.2) is 6.29 Å². The van der Waals surface area contributed by atoms with Crippen LogP contribution in [0.4, 0.5) is 0 Å². The van der Waals surface area contributed by atoms with Crippen molar-refractivity contribution in [1.29, 1.82) is 0 Å². The van der Waals surface area contributed by atoms with E-state index in [0.29, 0.717) is 17.9 Å². The Morgan fingerprint density at radius 1 is 1.00 bits per heavy atom. The Bertz CT molecular complexity index is 192. The van der Waals surface area contributed by atoms with Crippen molar-refractivity contribution in [3.05, 3.63) is 0 Å². The van der Waals surface area contributed by atoms with Crippen LogP contribution >= 0.6 is 0 Å². The molecule has 0 aromatic carbocycles. The zero-order valence-electron chi connectivity index (χ0n) is 11.9. The molecule has 2 aliphatic rings. The van der Waals surface area contributed by atoms with Gasteiger partial charge in [-0.15, -0.1) is 0 Å². The summed E-state index contributed by atoms with van der Waals surface area (Å²) in [5.74, 6) is 1.20. The SMILES string of the molecule is CCCC1COC([C@H]2CC[C@H](OCC)CC2)OC1. The average Bonchev–Trinajstić information content (AvgIpc) is 2.41. The third-order valence-electron chi connectivity index (χ3n) is 4.20. The van der Waals surface area contributed by atoms with Crippen molar-refractivity contribution in [3.8, 4) is 0 Å². The van der Waals surface area contributed by atoms with Crippen molar-refractivity contribution in [2.45, 2.75) is 64.8 Å². The molecule has 1 saturated carbocycles. The quantitative estimate of drug-likeness (QED) is 0.755. The molecule has 1 heterocycles. The average molecular weight is 256 g/mol. The molecule has 106 valence electrons. The Hall–Kier alpha value is -0.120. The lowest BCUT2D eigenvalue weighted by atomic mass is 9.86. The van der Waals surface area contributed by atoms with Crippen molar-refractivity contribution in [1.82, 2.24) is 0 Å². The van der Waals surface area contributed by atoms with Crippen LogP contribution < -0.4 is 0 Å². The van der Waals surface area contributed by atoms with Gasteiger partial charge in [0, 0.05) is 18.4 Å². The Balaban J connectivity index is 1.68. The maximum atomic E-state index is 5.91. The summed E-state index contributed by atoms with van der Waals surface area (Å²) in [6.07, 6.45) is 7.69. The van der Waals surface area contributed by atoms with E-state index >= 15 is 0 Å². The fraction of sp³-hybridized carbons (Fsp3) is 1.00. The fourth-order valence-electron chi connectivity index (χ4n) is 3.17. The molecule has 0 bridgehead atoms. The summed E-state index contributed by atoms with van der Waals surface area (Å²) in [6.45, 7) is 6.92. The maximum absolute atomic E-state index is 5.91. The first-order valence-corrected chi connectivity index (χ1v) is 7.68. The van der Waals surface area contributed by atoms with Crippen LogP contribution in [-0.4, -0.2) is 32.2 Å². The van der Waals surface area contributed by atoms with E-state index in [1.165, 1.54) is 38.5 Å². The first-order valence-electron chi connectivity index (χ1n) is 7.68. The molecule has 2 rings (SSSR count). The van der Waals surface area contributed by atoms with Gasteiger partial charge in [0.05, 0.1) is 19.3 Å². The van der Waals surface area contributed by atoms with Crippen LogP contribution in [0.1, 0.15) is 52.4 Å². The molecule has 18 heavy (non-hydrogen) atoms. The summed E-state index contributed by atoms with van der Waals surface area (Å²) >= 11 is 0. The van der Waals surface area contributed by atoms with Gasteiger partial charge < -0.3 is 14.2 Å². The van der Waals surface area contributed by atoms with Crippen molar-refractivity contribution >= 4 is 0 Å². The van der Waals surface area contributed by atoms with E-state index < -0.39 is 0 Å². The summed E-state index contributed by atoms with van der Waals surface area (Å²) in [4.78, 5) is 0. The molecule has 3 nitrogen and oxygen atoms in total. The molecule has 1 aliphatic heterocycles. The number of ether oxygens (including phenoxy) is 3. The number of rotatable bonds is 5. The summed E-state index contributed by atoms with van der Waals surface area (Å²) in [5.41, 5.74) is 0. The van der Waals surface area contributed by atoms with E-state index in [4.69, 9.17) is 14.2 Å². The van der Waals surface area contributed by atoms with Crippen molar-refractivity contribution in [2.75, 3.05) is 19.8 Å². The first-order chi connectivity index (χ1) is 8.83. The van der Waals surface area contributed by atoms with Gasteiger partial charge >= 0.3 is 0 Å². The van der Waals surface area contributed by atoms with Gasteiger partial charge in [0.25, 0.3) is 0 Å². The molecule has 3 heteroatoms. The number of hydrogen-bond acceptors (Lipinski definition) is 3. The van der Waals surface area contributed by atoms with Crippen LogP contribution in [0.3, 0.4) is 0 Å². The number of hydrogen-bond donors (Lipinski definition) is 0. The fourth-order valence-corrected chi connectivity index (χ4v) is 3.17. The molecule has 0 spiro atoms. The Labute approximate surface area is 111 Å². The van der Waals surface area contributed by atoms with Crippen molar-refractivity contribution < 1.29 is 14.2 Å². The molecule has 2 fully saturated rings. The van der Waals surface area contributed by atoms with Crippen LogP contribution in [-0.2, 0) is 14.2 Å². The Morgan fingerprint density at radius 3 is 2.22 bits per heavy atom. The Kier molecular flexibility index (Phi) is 5.93. The van der Waals surface area contributed by atoms with Crippen LogP contribution in [0.2, 0.25) is 0 Å². The minimum Gasteiger partial charge on any atom is -0.379 e. The van der Waals surface area contributed by atoms with Gasteiger partial charge in [-0.25, -0.2) is 0 Å². The normalized spacial score (nSPS) is 37.7. The van der Waals surface area contributed by atoms with Gasteiger partial charge in [-0.2, -0.15) is 0 Å². The molecule has 1 aliphatic carbocycles. The highest BCUT2D eigenvalue weighted by molar-refractivity contribution is 4.77. The van der Waals surface area contributed by atoms with Gasteiger partial charge in [-0.3, -0.25) is 0 Å². The van der Waals surface area contributed by atoms with E-state index in [2.05, 4.69) is 13.8 Å². The highest BCUT2D eigenvalue weighted by Crippen LogP contribution is 2.32. The predicted molar refractivity (Wildman–Crippen MR) is 71.5 cm³/mol. The molecule has 0 radical (unpaired) electrons. The third-order valence-corrected chi connectivity index (χ3v) is 4.20. The molecular weight excluding hydrogens is 228 g/mol. The molecule has 0 N–H and O–H groups in total. The second-order valence-corrected chi connectivity index (χ2v) is 5.68. The molecule has 0 amide bonds.